The third kappa shape index (κ3) is 7.54. The molecule has 0 radical (unpaired) electrons. The molecule has 12 heteroatoms. The van der Waals surface area contributed by atoms with Crippen LogP contribution in [0.25, 0.3) is 0 Å². The molecule has 246 valence electrons. The van der Waals surface area contributed by atoms with Crippen molar-refractivity contribution < 1.29 is 33.5 Å². The molecular weight excluding hydrogens is 566 g/mol. The van der Waals surface area contributed by atoms with Gasteiger partial charge in [0.05, 0.1) is 12.6 Å². The highest BCUT2D eigenvalue weighted by Gasteiger charge is 2.70. The van der Waals surface area contributed by atoms with E-state index in [9.17, 15) is 28.8 Å². The summed E-state index contributed by atoms with van der Waals surface area (Å²) >= 11 is 0. The van der Waals surface area contributed by atoms with Crippen LogP contribution in [0.3, 0.4) is 0 Å². The number of urea groups is 1. The monoisotopic (exact) mass is 617 g/mol. The highest BCUT2D eigenvalue weighted by molar-refractivity contribution is 6.37. The zero-order chi connectivity index (χ0) is 32.9. The number of carbonyl (C=O) groups excluding carboxylic acids is 6. The number of primary amides is 1. The van der Waals surface area contributed by atoms with Crippen LogP contribution < -0.4 is 21.7 Å². The van der Waals surface area contributed by atoms with Gasteiger partial charge in [0.2, 0.25) is 17.6 Å². The number of Topliss-reactive ketones (excluding diaryl/α,β-unsaturated/α-hetero) is 1. The van der Waals surface area contributed by atoms with Crippen LogP contribution in [0, 0.1) is 39.9 Å². The highest BCUT2D eigenvalue weighted by atomic mass is 16.5. The fourth-order valence-electron chi connectivity index (χ4n) is 6.48. The molecule has 0 aromatic carbocycles. The number of carbonyl (C=O) groups is 6. The molecule has 0 spiro atoms. The molecule has 12 nitrogen and oxygen atoms in total. The zero-order valence-electron chi connectivity index (χ0n) is 27.5. The second kappa shape index (κ2) is 12.0. The Morgan fingerprint density at radius 1 is 0.864 bits per heavy atom. The van der Waals surface area contributed by atoms with Crippen LogP contribution in [-0.4, -0.2) is 77.7 Å². The first-order chi connectivity index (χ1) is 20.2. The molecule has 0 aromatic heterocycles. The number of likely N-dealkylation sites (tertiary alicyclic amines) is 1. The van der Waals surface area contributed by atoms with Crippen molar-refractivity contribution in [2.75, 3.05) is 13.2 Å². The first-order valence-corrected chi connectivity index (χ1v) is 15.9. The van der Waals surface area contributed by atoms with E-state index in [-0.39, 0.29) is 23.2 Å². The average molecular weight is 618 g/mol. The number of hydrogen-bond donors (Lipinski definition) is 4. The van der Waals surface area contributed by atoms with Crippen molar-refractivity contribution in [2.45, 2.75) is 112 Å². The Morgan fingerprint density at radius 3 is 1.91 bits per heavy atom. The molecule has 6 atom stereocenters. The topological polar surface area (TPSA) is 177 Å². The number of nitrogens with one attached hydrogen (secondary N) is 3. The van der Waals surface area contributed by atoms with Gasteiger partial charge in [-0.15, -0.1) is 0 Å². The molecule has 3 aliphatic carbocycles. The lowest BCUT2D eigenvalue weighted by atomic mass is 9.85. The molecule has 1 saturated heterocycles. The molecule has 1 aliphatic heterocycles. The molecule has 0 bridgehead atoms. The summed E-state index contributed by atoms with van der Waals surface area (Å²) in [5.74, 6) is -2.87. The first kappa shape index (κ1) is 33.7. The Bertz CT molecular complexity index is 1190. The van der Waals surface area contributed by atoms with Crippen LogP contribution in [0.1, 0.15) is 87.5 Å². The van der Waals surface area contributed by atoms with E-state index in [1.165, 1.54) is 4.90 Å². The van der Waals surface area contributed by atoms with Crippen LogP contribution in [0.4, 0.5) is 4.79 Å². The Balaban J connectivity index is 1.50. The summed E-state index contributed by atoms with van der Waals surface area (Å²) in [5, 5.41) is 8.28. The summed E-state index contributed by atoms with van der Waals surface area (Å²) in [5.41, 5.74) is 3.69. The largest absolute Gasteiger partial charge is 0.464 e. The van der Waals surface area contributed by atoms with Gasteiger partial charge in [-0.3, -0.25) is 19.2 Å². The normalized spacial score (nSPS) is 26.0. The van der Waals surface area contributed by atoms with Crippen molar-refractivity contribution in [3.8, 4) is 0 Å². The summed E-state index contributed by atoms with van der Waals surface area (Å²) in [4.78, 5) is 80.1. The van der Waals surface area contributed by atoms with Gasteiger partial charge in [0.1, 0.15) is 18.1 Å². The highest BCUT2D eigenvalue weighted by Crippen LogP contribution is 2.65. The molecule has 3 saturated carbocycles. The molecule has 5 N–H and O–H groups in total. The number of nitrogens with zero attached hydrogens (tertiary/aromatic N) is 1. The summed E-state index contributed by atoms with van der Waals surface area (Å²) in [7, 11) is 0. The van der Waals surface area contributed by atoms with Crippen molar-refractivity contribution in [3.63, 3.8) is 0 Å². The summed E-state index contributed by atoms with van der Waals surface area (Å²) in [6, 6.07) is -4.58. The van der Waals surface area contributed by atoms with Crippen molar-refractivity contribution in [3.05, 3.63) is 0 Å². The van der Waals surface area contributed by atoms with Crippen LogP contribution >= 0.6 is 0 Å². The lowest BCUT2D eigenvalue weighted by molar-refractivity contribution is -0.149. The smallest absolute Gasteiger partial charge is 0.329 e. The third-order valence-corrected chi connectivity index (χ3v) is 9.83. The van der Waals surface area contributed by atoms with Crippen LogP contribution in [0.2, 0.25) is 0 Å². The Labute approximate surface area is 260 Å². The zero-order valence-corrected chi connectivity index (χ0v) is 27.5. The number of piperidine rings is 1. The SMILES string of the molecule is CC(C)(C)[C@H](NC(=O)N[C@H](C(=O)N1C[C@H]2[C@@H]([C@H]1C(=O)NC(CC1CC1)C(=O)C(N)=O)C2(C)C)C(C)(C)C)C(=O)OCC1CC1. The van der Waals surface area contributed by atoms with E-state index >= 15 is 0 Å². The van der Waals surface area contributed by atoms with Crippen molar-refractivity contribution in [1.82, 2.24) is 20.9 Å². The minimum absolute atomic E-state index is 0.0666. The summed E-state index contributed by atoms with van der Waals surface area (Å²) < 4.78 is 5.47. The summed E-state index contributed by atoms with van der Waals surface area (Å²) in [6.45, 7) is 15.6. The van der Waals surface area contributed by atoms with Crippen LogP contribution in [-0.2, 0) is 28.7 Å². The number of hydrogen-bond acceptors (Lipinski definition) is 7. The van der Waals surface area contributed by atoms with Crippen molar-refractivity contribution in [2.24, 2.45) is 45.7 Å². The fourth-order valence-corrected chi connectivity index (χ4v) is 6.48. The van der Waals surface area contributed by atoms with Gasteiger partial charge in [0.15, 0.2) is 0 Å². The second-order valence-corrected chi connectivity index (χ2v) is 16.1. The van der Waals surface area contributed by atoms with Crippen molar-refractivity contribution in [1.29, 1.82) is 0 Å². The molecular formula is C32H51N5O7. The molecule has 4 fully saturated rings. The second-order valence-electron chi connectivity index (χ2n) is 16.1. The van der Waals surface area contributed by atoms with Gasteiger partial charge in [-0.25, -0.2) is 9.59 Å². The van der Waals surface area contributed by atoms with Crippen LogP contribution in [0.5, 0.6) is 0 Å². The quantitative estimate of drug-likeness (QED) is 0.191. The number of ether oxygens (including phenoxy) is 1. The molecule has 1 heterocycles. The third-order valence-electron chi connectivity index (χ3n) is 9.83. The van der Waals surface area contributed by atoms with Gasteiger partial charge in [-0.05, 0) is 59.2 Å². The Morgan fingerprint density at radius 2 is 1.41 bits per heavy atom. The van der Waals surface area contributed by atoms with Gasteiger partial charge < -0.3 is 31.3 Å². The number of rotatable bonds is 12. The molecule has 4 rings (SSSR count). The maximum atomic E-state index is 14.2. The fraction of sp³-hybridized carbons (Fsp3) is 0.812. The van der Waals surface area contributed by atoms with E-state index in [0.717, 1.165) is 25.7 Å². The Kier molecular flexibility index (Phi) is 9.17. The maximum absolute atomic E-state index is 14.2. The molecule has 4 aliphatic rings. The lowest BCUT2D eigenvalue weighted by Crippen LogP contribution is -2.62. The maximum Gasteiger partial charge on any atom is 0.329 e. The van der Waals surface area contributed by atoms with E-state index in [2.05, 4.69) is 16.0 Å². The Hall–Kier alpha value is -3.18. The average Bonchev–Trinajstić information content (AvgIpc) is 3.85. The van der Waals surface area contributed by atoms with Crippen molar-refractivity contribution >= 4 is 35.5 Å². The van der Waals surface area contributed by atoms with E-state index in [0.29, 0.717) is 25.5 Å². The molecule has 1 unspecified atom stereocenters. The minimum atomic E-state index is -1.10. The van der Waals surface area contributed by atoms with Gasteiger partial charge in [0.25, 0.3) is 5.91 Å². The number of ketones is 1. The number of amides is 5. The number of esters is 1. The van der Waals surface area contributed by atoms with E-state index in [1.807, 2.05) is 55.4 Å². The predicted octanol–water partition coefficient (Wildman–Crippen LogP) is 1.89. The van der Waals surface area contributed by atoms with Gasteiger partial charge >= 0.3 is 12.0 Å². The standard InChI is InChI=1S/C32H51N5O7/c1-30(2,3)23(35-29(43)36-24(31(4,5)6)28(42)44-15-17-11-12-17)27(41)37-14-18-20(32(18,7)8)21(37)26(40)34-19(13-16-9-10-16)22(38)25(33)39/h16-21,23-24H,9-15H2,1-8H3,(H2,33,39)(H,34,40)(H2,35,36,43)/t18-,19?,20-,21-,23+,24+/m0/s1. The minimum Gasteiger partial charge on any atom is -0.464 e. The van der Waals surface area contributed by atoms with Gasteiger partial charge in [-0.1, -0.05) is 68.2 Å². The lowest BCUT2D eigenvalue weighted by Gasteiger charge is -2.38. The number of fused-ring (bicyclic) bond motifs is 1. The van der Waals surface area contributed by atoms with Gasteiger partial charge in [0, 0.05) is 6.54 Å². The van der Waals surface area contributed by atoms with E-state index in [1.54, 1.807) is 0 Å². The van der Waals surface area contributed by atoms with Gasteiger partial charge in [-0.2, -0.15) is 0 Å². The molecule has 5 amide bonds. The number of nitrogens with two attached hydrogens (primary N) is 1. The predicted molar refractivity (Wildman–Crippen MR) is 162 cm³/mol. The van der Waals surface area contributed by atoms with E-state index < -0.39 is 70.5 Å². The molecule has 44 heavy (non-hydrogen) atoms. The first-order valence-electron chi connectivity index (χ1n) is 15.9. The van der Waals surface area contributed by atoms with Crippen LogP contribution in [0.15, 0.2) is 0 Å². The molecule has 0 aromatic rings. The summed E-state index contributed by atoms with van der Waals surface area (Å²) in [6.07, 6.45) is 4.20. The van der Waals surface area contributed by atoms with E-state index in [4.69, 9.17) is 10.5 Å².